The Labute approximate surface area is 139 Å². The highest BCUT2D eigenvalue weighted by atomic mass is 32.1. The Morgan fingerprint density at radius 3 is 2.83 bits per heavy atom. The number of hydrogen-bond acceptors (Lipinski definition) is 4. The molecule has 0 aliphatic carbocycles. The molecule has 0 radical (unpaired) electrons. The normalized spacial score (nSPS) is 10.7. The Kier molecular flexibility index (Phi) is 4.83. The van der Waals surface area contributed by atoms with Crippen molar-refractivity contribution < 1.29 is 4.79 Å². The quantitative estimate of drug-likeness (QED) is 0.757. The van der Waals surface area contributed by atoms with Crippen LogP contribution in [0, 0.1) is 0 Å². The summed E-state index contributed by atoms with van der Waals surface area (Å²) in [4.78, 5) is 17.2. The van der Waals surface area contributed by atoms with E-state index in [0.29, 0.717) is 11.4 Å². The third-order valence-corrected chi connectivity index (χ3v) is 4.56. The van der Waals surface area contributed by atoms with Gasteiger partial charge in [0.05, 0.1) is 11.2 Å². The molecule has 0 aliphatic rings. The number of thiazole rings is 1. The number of nitrogens with zero attached hydrogens (tertiary/aromatic N) is 3. The van der Waals surface area contributed by atoms with Crippen molar-refractivity contribution in [1.29, 1.82) is 0 Å². The van der Waals surface area contributed by atoms with Crippen molar-refractivity contribution in [3.63, 3.8) is 0 Å². The summed E-state index contributed by atoms with van der Waals surface area (Å²) >= 11 is 1.45. The molecule has 1 aromatic carbocycles. The minimum absolute atomic E-state index is 0.0658. The number of rotatable bonds is 6. The van der Waals surface area contributed by atoms with Crippen molar-refractivity contribution in [3.8, 4) is 0 Å². The van der Waals surface area contributed by atoms with Crippen molar-refractivity contribution in [2.75, 3.05) is 6.54 Å². The van der Waals surface area contributed by atoms with Crippen molar-refractivity contribution in [2.24, 2.45) is 7.05 Å². The molecule has 0 spiro atoms. The summed E-state index contributed by atoms with van der Waals surface area (Å²) in [5.74, 6) is -0.0658. The number of benzene rings is 1. The van der Waals surface area contributed by atoms with Gasteiger partial charge in [-0.2, -0.15) is 5.10 Å². The molecule has 0 saturated heterocycles. The molecule has 0 saturated carbocycles. The number of amides is 1. The molecule has 118 valence electrons. The summed E-state index contributed by atoms with van der Waals surface area (Å²) in [7, 11) is 1.90. The molecule has 1 N–H and O–H groups in total. The summed E-state index contributed by atoms with van der Waals surface area (Å²) < 4.78 is 1.82. The topological polar surface area (TPSA) is 59.8 Å². The van der Waals surface area contributed by atoms with Gasteiger partial charge in [-0.3, -0.25) is 9.48 Å². The van der Waals surface area contributed by atoms with Gasteiger partial charge in [0.1, 0.15) is 4.88 Å². The van der Waals surface area contributed by atoms with Gasteiger partial charge in [-0.25, -0.2) is 4.98 Å². The standard InChI is InChI=1S/C17H18N4OS/c1-21-14(8-10-20-21)7-9-18-17(22)15-12-19-16(23-15)11-13-5-3-2-4-6-13/h2-6,8,10,12H,7,9,11H2,1H3,(H,18,22). The van der Waals surface area contributed by atoms with E-state index in [-0.39, 0.29) is 5.91 Å². The zero-order valence-corrected chi connectivity index (χ0v) is 13.7. The first-order valence-corrected chi connectivity index (χ1v) is 8.28. The van der Waals surface area contributed by atoms with Crippen LogP contribution in [0.1, 0.15) is 25.9 Å². The maximum Gasteiger partial charge on any atom is 0.263 e. The van der Waals surface area contributed by atoms with Crippen LogP contribution in [0.4, 0.5) is 0 Å². The molecule has 6 heteroatoms. The van der Waals surface area contributed by atoms with Gasteiger partial charge in [0.2, 0.25) is 0 Å². The van der Waals surface area contributed by atoms with Gasteiger partial charge in [-0.05, 0) is 11.6 Å². The molecule has 0 bridgehead atoms. The van der Waals surface area contributed by atoms with Crippen LogP contribution in [0.5, 0.6) is 0 Å². The van der Waals surface area contributed by atoms with Crippen LogP contribution in [0.3, 0.4) is 0 Å². The molecule has 0 aliphatic heterocycles. The van der Waals surface area contributed by atoms with Gasteiger partial charge < -0.3 is 5.32 Å². The molecular formula is C17H18N4OS. The molecule has 0 unspecified atom stereocenters. The minimum atomic E-state index is -0.0658. The Balaban J connectivity index is 1.53. The molecular weight excluding hydrogens is 308 g/mol. The summed E-state index contributed by atoms with van der Waals surface area (Å²) in [6, 6.07) is 12.1. The maximum atomic E-state index is 12.2. The minimum Gasteiger partial charge on any atom is -0.351 e. The number of aromatic nitrogens is 3. The highest BCUT2D eigenvalue weighted by molar-refractivity contribution is 7.13. The smallest absolute Gasteiger partial charge is 0.263 e. The van der Waals surface area contributed by atoms with Crippen LogP contribution in [-0.2, 0) is 19.9 Å². The van der Waals surface area contributed by atoms with Gasteiger partial charge in [0.15, 0.2) is 0 Å². The van der Waals surface area contributed by atoms with E-state index in [1.54, 1.807) is 12.4 Å². The van der Waals surface area contributed by atoms with Crippen LogP contribution in [0.25, 0.3) is 0 Å². The zero-order valence-electron chi connectivity index (χ0n) is 12.9. The number of carbonyl (C=O) groups excluding carboxylic acids is 1. The Hall–Kier alpha value is -2.47. The molecule has 3 aromatic rings. The lowest BCUT2D eigenvalue weighted by Crippen LogP contribution is -2.25. The van der Waals surface area contributed by atoms with Crippen LogP contribution in [-0.4, -0.2) is 27.2 Å². The molecule has 1 amide bonds. The second kappa shape index (κ2) is 7.19. The lowest BCUT2D eigenvalue weighted by atomic mass is 10.2. The summed E-state index contributed by atoms with van der Waals surface area (Å²) in [6.07, 6.45) is 4.93. The van der Waals surface area contributed by atoms with Gasteiger partial charge in [0, 0.05) is 38.3 Å². The monoisotopic (exact) mass is 326 g/mol. The number of nitrogens with one attached hydrogen (secondary N) is 1. The Morgan fingerprint density at radius 1 is 1.26 bits per heavy atom. The average molecular weight is 326 g/mol. The second-order valence-corrected chi connectivity index (χ2v) is 6.35. The predicted molar refractivity (Wildman–Crippen MR) is 90.6 cm³/mol. The summed E-state index contributed by atoms with van der Waals surface area (Å²) in [5, 5.41) is 8.00. The third kappa shape index (κ3) is 4.04. The molecule has 3 rings (SSSR count). The molecule has 2 heterocycles. The highest BCUT2D eigenvalue weighted by Crippen LogP contribution is 2.16. The fraction of sp³-hybridized carbons (Fsp3) is 0.235. The van der Waals surface area contributed by atoms with E-state index in [1.807, 2.05) is 36.0 Å². The van der Waals surface area contributed by atoms with Gasteiger partial charge in [-0.15, -0.1) is 11.3 Å². The first-order valence-electron chi connectivity index (χ1n) is 7.46. The van der Waals surface area contributed by atoms with Gasteiger partial charge >= 0.3 is 0 Å². The highest BCUT2D eigenvalue weighted by Gasteiger charge is 2.10. The summed E-state index contributed by atoms with van der Waals surface area (Å²) in [5.41, 5.74) is 2.30. The van der Waals surface area contributed by atoms with E-state index in [4.69, 9.17) is 0 Å². The van der Waals surface area contributed by atoms with E-state index in [0.717, 1.165) is 23.5 Å². The van der Waals surface area contributed by atoms with E-state index in [9.17, 15) is 4.79 Å². The van der Waals surface area contributed by atoms with E-state index >= 15 is 0 Å². The number of aryl methyl sites for hydroxylation is 1. The molecule has 0 atom stereocenters. The zero-order chi connectivity index (χ0) is 16.1. The largest absolute Gasteiger partial charge is 0.351 e. The van der Waals surface area contributed by atoms with E-state index in [2.05, 4.69) is 27.5 Å². The third-order valence-electron chi connectivity index (χ3n) is 3.56. The first kappa shape index (κ1) is 15.4. The first-order chi connectivity index (χ1) is 11.2. The Bertz CT molecular complexity index is 779. The lowest BCUT2D eigenvalue weighted by Gasteiger charge is -2.03. The second-order valence-electron chi connectivity index (χ2n) is 5.23. The maximum absolute atomic E-state index is 12.2. The number of carbonyl (C=O) groups is 1. The fourth-order valence-electron chi connectivity index (χ4n) is 2.31. The predicted octanol–water partition coefficient (Wildman–Crippen LogP) is 2.44. The van der Waals surface area contributed by atoms with E-state index in [1.165, 1.54) is 16.9 Å². The van der Waals surface area contributed by atoms with Gasteiger partial charge in [-0.1, -0.05) is 30.3 Å². The van der Waals surface area contributed by atoms with Crippen molar-refractivity contribution >= 4 is 17.2 Å². The molecule has 2 aromatic heterocycles. The van der Waals surface area contributed by atoms with Crippen molar-refractivity contribution in [3.05, 3.63) is 69.9 Å². The Morgan fingerprint density at radius 2 is 2.09 bits per heavy atom. The SMILES string of the molecule is Cn1nccc1CCNC(=O)c1cnc(Cc2ccccc2)s1. The van der Waals surface area contributed by atoms with Crippen molar-refractivity contribution in [2.45, 2.75) is 12.8 Å². The van der Waals surface area contributed by atoms with Crippen LogP contribution in [0.2, 0.25) is 0 Å². The number of hydrogen-bond donors (Lipinski definition) is 1. The molecule has 5 nitrogen and oxygen atoms in total. The van der Waals surface area contributed by atoms with Gasteiger partial charge in [0.25, 0.3) is 5.91 Å². The van der Waals surface area contributed by atoms with Crippen LogP contribution in [0.15, 0.2) is 48.8 Å². The lowest BCUT2D eigenvalue weighted by molar-refractivity contribution is 0.0958. The molecule has 23 heavy (non-hydrogen) atoms. The van der Waals surface area contributed by atoms with E-state index < -0.39 is 0 Å². The average Bonchev–Trinajstić information content (AvgIpc) is 3.18. The van der Waals surface area contributed by atoms with Crippen molar-refractivity contribution in [1.82, 2.24) is 20.1 Å². The van der Waals surface area contributed by atoms with Crippen LogP contribution >= 0.6 is 11.3 Å². The van der Waals surface area contributed by atoms with Crippen LogP contribution < -0.4 is 5.32 Å². The fourth-order valence-corrected chi connectivity index (χ4v) is 3.17. The molecule has 0 fully saturated rings. The summed E-state index contributed by atoms with van der Waals surface area (Å²) in [6.45, 7) is 0.588.